The van der Waals surface area contributed by atoms with Crippen molar-refractivity contribution in [1.82, 2.24) is 0 Å². The first-order chi connectivity index (χ1) is 62.9. The molecule has 0 aliphatic rings. The van der Waals surface area contributed by atoms with E-state index < -0.39 is 0 Å². The molecule has 0 aliphatic heterocycles. The van der Waals surface area contributed by atoms with Crippen LogP contribution in [0.1, 0.15) is 267 Å². The van der Waals surface area contributed by atoms with Gasteiger partial charge in [0.15, 0.2) is 0 Å². The monoisotopic (exact) mass is 1700 g/mol. The molecular weight excluding hydrogens is 1550 g/mol. The quantitative estimate of drug-likeness (QED) is 0.0356. The molecule has 0 saturated heterocycles. The Kier molecular flexibility index (Phi) is 37.1. The van der Waals surface area contributed by atoms with E-state index in [1.54, 1.807) is 0 Å². The van der Waals surface area contributed by atoms with E-state index in [4.69, 9.17) is 18.9 Å². The summed E-state index contributed by atoms with van der Waals surface area (Å²) in [6.45, 7) is 25.1. The van der Waals surface area contributed by atoms with Gasteiger partial charge in [0, 0.05) is 0 Å². The van der Waals surface area contributed by atoms with Crippen LogP contribution in [0.5, 0.6) is 23.0 Å². The molecule has 0 heterocycles. The Balaban J connectivity index is 1.10. The minimum atomic E-state index is 0.674. The van der Waals surface area contributed by atoms with Crippen LogP contribution in [0.2, 0.25) is 0 Å². The molecule has 0 unspecified atom stereocenters. The number of unbranched alkanes of at least 4 members (excludes halogenated alkanes) is 28. The first-order valence-corrected chi connectivity index (χ1v) is 49.8. The first-order valence-electron chi connectivity index (χ1n) is 49.8. The normalized spacial score (nSPS) is 11.4. The van der Waals surface area contributed by atoms with E-state index >= 15 is 0 Å². The summed E-state index contributed by atoms with van der Waals surface area (Å²) >= 11 is 0. The van der Waals surface area contributed by atoms with Gasteiger partial charge >= 0.3 is 0 Å². The van der Waals surface area contributed by atoms with Crippen molar-refractivity contribution in [3.8, 4) is 157 Å². The SMILES string of the molecule is CCCCCCCCCCOc1ccc(-c2c(-c3ccc(C)cc3)c(-c3ccc(OCCCCCCCCCC)cc3)c(-c3ccc(OCCCCCCCCCC)cc3)c(-c3ccc(-c4c(-c5ccc(C)cc5)c(-c5ccc(C)cc5)c(-c5ccc(C)cc5)c(-c5ccc(C)cc5)c4-c4ccc(C)cc4)cc3)c2-c2ccc(OCCCCCCCCCC)cc2)cc1. The molecule has 128 heavy (non-hydrogen) atoms. The van der Waals surface area contributed by atoms with Gasteiger partial charge in [-0.1, -0.05) is 459 Å². The molecule has 13 aromatic rings. The highest BCUT2D eigenvalue weighted by molar-refractivity contribution is 6.17. The lowest BCUT2D eigenvalue weighted by atomic mass is 9.73. The van der Waals surface area contributed by atoms with Gasteiger partial charge in [-0.25, -0.2) is 0 Å². The summed E-state index contributed by atoms with van der Waals surface area (Å²) in [7, 11) is 0. The topological polar surface area (TPSA) is 36.9 Å². The molecule has 0 spiro atoms. The van der Waals surface area contributed by atoms with Crippen molar-refractivity contribution < 1.29 is 18.9 Å². The maximum Gasteiger partial charge on any atom is 0.119 e. The zero-order valence-corrected chi connectivity index (χ0v) is 79.5. The maximum absolute atomic E-state index is 6.81. The summed E-state index contributed by atoms with van der Waals surface area (Å²) in [5.74, 6) is 3.52. The molecule has 4 nitrogen and oxygen atoms in total. The van der Waals surface area contributed by atoms with Gasteiger partial charge in [-0.05, 0) is 249 Å². The van der Waals surface area contributed by atoms with E-state index in [1.807, 2.05) is 0 Å². The average molecular weight is 1700 g/mol. The van der Waals surface area contributed by atoms with Gasteiger partial charge in [-0.2, -0.15) is 0 Å². The van der Waals surface area contributed by atoms with Gasteiger partial charge < -0.3 is 18.9 Å². The van der Waals surface area contributed by atoms with Crippen molar-refractivity contribution in [2.45, 2.75) is 275 Å². The zero-order chi connectivity index (χ0) is 89.0. The van der Waals surface area contributed by atoms with Gasteiger partial charge in [-0.15, -0.1) is 0 Å². The second-order valence-electron chi connectivity index (χ2n) is 36.7. The lowest BCUT2D eigenvalue weighted by Gasteiger charge is -2.30. The lowest BCUT2D eigenvalue weighted by molar-refractivity contribution is 0.304. The highest BCUT2D eigenvalue weighted by atomic mass is 16.5. The van der Waals surface area contributed by atoms with Crippen LogP contribution >= 0.6 is 0 Å². The minimum absolute atomic E-state index is 0.674. The summed E-state index contributed by atoms with van der Waals surface area (Å²) in [5.41, 5.74) is 34.7. The molecule has 0 saturated carbocycles. The Labute approximate surface area is 771 Å². The third-order valence-electron chi connectivity index (χ3n) is 26.1. The molecule has 0 atom stereocenters. The Bertz CT molecular complexity index is 5190. The third-order valence-corrected chi connectivity index (χ3v) is 26.1. The molecule has 0 bridgehead atoms. The third kappa shape index (κ3) is 26.2. The molecular formula is C124H146O4. The van der Waals surface area contributed by atoms with Crippen LogP contribution in [0.3, 0.4) is 0 Å². The van der Waals surface area contributed by atoms with Gasteiger partial charge in [0.25, 0.3) is 0 Å². The molecule has 666 valence electrons. The average Bonchev–Trinajstić information content (AvgIpc) is 0.722. The maximum atomic E-state index is 6.81. The fourth-order valence-corrected chi connectivity index (χ4v) is 18.7. The number of aryl methyl sites for hydroxylation is 6. The van der Waals surface area contributed by atoms with E-state index in [0.29, 0.717) is 26.4 Å². The van der Waals surface area contributed by atoms with Crippen molar-refractivity contribution in [1.29, 1.82) is 0 Å². The van der Waals surface area contributed by atoms with Crippen LogP contribution in [0.15, 0.2) is 267 Å². The fourth-order valence-electron chi connectivity index (χ4n) is 18.7. The predicted octanol–water partition coefficient (Wildman–Crippen LogP) is 37.6. The number of benzene rings is 13. The molecule has 0 aliphatic carbocycles. The Morgan fingerprint density at radius 1 is 0.125 bits per heavy atom. The van der Waals surface area contributed by atoms with E-state index in [2.05, 4.69) is 336 Å². The van der Waals surface area contributed by atoms with Crippen molar-refractivity contribution in [2.75, 3.05) is 26.4 Å². The number of rotatable bonds is 52. The number of hydrogen-bond donors (Lipinski definition) is 0. The highest BCUT2D eigenvalue weighted by Gasteiger charge is 2.33. The van der Waals surface area contributed by atoms with Gasteiger partial charge in [0.2, 0.25) is 0 Å². The van der Waals surface area contributed by atoms with Crippen molar-refractivity contribution >= 4 is 0 Å². The highest BCUT2D eigenvalue weighted by Crippen LogP contribution is 2.60. The van der Waals surface area contributed by atoms with Crippen LogP contribution in [0.4, 0.5) is 0 Å². The predicted molar refractivity (Wildman–Crippen MR) is 553 cm³/mol. The van der Waals surface area contributed by atoms with Crippen LogP contribution < -0.4 is 18.9 Å². The smallest absolute Gasteiger partial charge is 0.119 e. The summed E-state index contributed by atoms with van der Waals surface area (Å²) in [4.78, 5) is 0. The largest absolute Gasteiger partial charge is 0.494 e. The molecule has 0 radical (unpaired) electrons. The van der Waals surface area contributed by atoms with Gasteiger partial charge in [0.05, 0.1) is 26.4 Å². The second kappa shape index (κ2) is 50.1. The number of hydrogen-bond acceptors (Lipinski definition) is 4. The van der Waals surface area contributed by atoms with Crippen molar-refractivity contribution in [3.05, 3.63) is 300 Å². The summed E-state index contributed by atoms with van der Waals surface area (Å²) < 4.78 is 27.2. The van der Waals surface area contributed by atoms with Gasteiger partial charge in [0.1, 0.15) is 23.0 Å². The lowest BCUT2D eigenvalue weighted by Crippen LogP contribution is -2.04. The molecule has 4 heteroatoms. The van der Waals surface area contributed by atoms with Crippen LogP contribution in [0.25, 0.3) is 134 Å². The zero-order valence-electron chi connectivity index (χ0n) is 79.5. The van der Waals surface area contributed by atoms with Crippen LogP contribution in [-0.2, 0) is 0 Å². The Hall–Kier alpha value is -10.9. The van der Waals surface area contributed by atoms with Crippen LogP contribution in [0, 0.1) is 41.5 Å². The number of ether oxygens (including phenoxy) is 4. The first kappa shape index (κ1) is 94.7. The van der Waals surface area contributed by atoms with Crippen molar-refractivity contribution in [3.63, 3.8) is 0 Å². The molecule has 0 N–H and O–H groups in total. The second-order valence-corrected chi connectivity index (χ2v) is 36.7. The minimum Gasteiger partial charge on any atom is -0.494 e. The van der Waals surface area contributed by atoms with Gasteiger partial charge in [-0.3, -0.25) is 0 Å². The van der Waals surface area contributed by atoms with E-state index in [-0.39, 0.29) is 0 Å². The Morgan fingerprint density at radius 2 is 0.227 bits per heavy atom. The van der Waals surface area contributed by atoms with Crippen molar-refractivity contribution in [2.24, 2.45) is 0 Å². The molecule has 0 aromatic heterocycles. The summed E-state index contributed by atoms with van der Waals surface area (Å²) in [5, 5.41) is 0. The Morgan fingerprint density at radius 3 is 0.352 bits per heavy atom. The summed E-state index contributed by atoms with van der Waals surface area (Å²) in [6.07, 6.45) is 39.8. The molecule has 0 fully saturated rings. The standard InChI is InChI=1S/C124H146O4/c1-11-15-19-23-27-31-35-39-87-125-109-79-71-105(72-80-109)121-118(102-65-53-96(10)54-66-102)122(106-73-81-110(82-74-106)126-88-40-36-32-28-24-20-16-12-2)124(108-77-85-112(86-78-108)128-90-42-38-34-30-26-22-18-14-4)120(123(121)107-75-83-111(84-76-107)127-89-41-37-33-29-25-21-17-13-3)104-69-67-103(68-70-104)119-116(100-61-49-94(8)50-62-100)114(98-57-45-92(6)46-58-98)113(97-55-43-91(5)44-56-97)115(99-59-47-93(7)48-60-99)117(119)101-63-51-95(9)52-64-101/h43-86H,11-42,87-90H2,1-10H3. The van der Waals surface area contributed by atoms with E-state index in [1.165, 1.54) is 239 Å². The van der Waals surface area contributed by atoms with Crippen LogP contribution in [-0.4, -0.2) is 26.4 Å². The summed E-state index contributed by atoms with van der Waals surface area (Å²) in [6, 6.07) is 102. The molecule has 13 aromatic carbocycles. The van der Waals surface area contributed by atoms with E-state index in [9.17, 15) is 0 Å². The molecule has 0 amide bonds. The fraction of sp³-hybridized carbons (Fsp3) is 0.371. The molecule has 13 rings (SSSR count). The van der Waals surface area contributed by atoms with E-state index in [0.717, 1.165) is 156 Å².